The molecule has 0 radical (unpaired) electrons. The molecule has 0 fully saturated rings. The van der Waals surface area contributed by atoms with E-state index in [1.165, 1.54) is 0 Å². The number of unbranched alkanes of at least 4 members (excludes halogenated alkanes) is 1. The Hall–Kier alpha value is -3.19. The highest BCUT2D eigenvalue weighted by atomic mass is 79.9. The highest BCUT2D eigenvalue weighted by Crippen LogP contribution is 2.37. The number of carbonyl (C=O) groups excluding carboxylic acids is 3. The highest BCUT2D eigenvalue weighted by molar-refractivity contribution is 9.10. The summed E-state index contributed by atoms with van der Waals surface area (Å²) in [6.07, 6.45) is 2.64. The van der Waals surface area contributed by atoms with Crippen LogP contribution in [0, 0.1) is 0 Å². The summed E-state index contributed by atoms with van der Waals surface area (Å²) in [4.78, 5) is 42.7. The first kappa shape index (κ1) is 25.9. The van der Waals surface area contributed by atoms with Gasteiger partial charge in [-0.15, -0.1) is 0 Å². The van der Waals surface area contributed by atoms with Crippen molar-refractivity contribution < 1.29 is 14.4 Å². The van der Waals surface area contributed by atoms with Gasteiger partial charge in [-0.3, -0.25) is 14.4 Å². The fourth-order valence-corrected chi connectivity index (χ4v) is 5.13. The lowest BCUT2D eigenvalue weighted by Crippen LogP contribution is -2.47. The van der Waals surface area contributed by atoms with Gasteiger partial charge in [-0.25, -0.2) is 0 Å². The van der Waals surface area contributed by atoms with Gasteiger partial charge >= 0.3 is 0 Å². The van der Waals surface area contributed by atoms with Gasteiger partial charge in [0, 0.05) is 41.5 Å². The van der Waals surface area contributed by atoms with Crippen molar-refractivity contribution in [1.82, 2.24) is 10.2 Å². The molecule has 1 aliphatic heterocycles. The maximum absolute atomic E-state index is 13.4. The summed E-state index contributed by atoms with van der Waals surface area (Å²) in [5.41, 5.74) is 2.56. The Morgan fingerprint density at radius 1 is 1.06 bits per heavy atom. The average Bonchev–Trinajstić information content (AvgIpc) is 3.15. The SMILES string of the molecule is CCCCNC(=O)[C@H](C)N(Cc1cccc(Br)c1)C(=O)CCCN1C(=O)c2cccc3cccc1c23. The molecule has 0 aliphatic carbocycles. The monoisotopic (exact) mass is 549 g/mol. The number of nitrogens with zero attached hydrogens (tertiary/aromatic N) is 2. The fourth-order valence-electron chi connectivity index (χ4n) is 4.68. The molecule has 3 amide bonds. The van der Waals surface area contributed by atoms with Crippen molar-refractivity contribution in [1.29, 1.82) is 0 Å². The first-order chi connectivity index (χ1) is 17.4. The zero-order valence-electron chi connectivity index (χ0n) is 20.8. The first-order valence-corrected chi connectivity index (χ1v) is 13.3. The number of carbonyl (C=O) groups is 3. The van der Waals surface area contributed by atoms with Gasteiger partial charge in [-0.05, 0) is 55.0 Å². The molecule has 0 saturated heterocycles. The summed E-state index contributed by atoms with van der Waals surface area (Å²) in [6.45, 7) is 5.23. The van der Waals surface area contributed by atoms with Crippen LogP contribution in [0.2, 0.25) is 0 Å². The van der Waals surface area contributed by atoms with Gasteiger partial charge in [-0.1, -0.05) is 65.7 Å². The second-order valence-corrected chi connectivity index (χ2v) is 10.1. The van der Waals surface area contributed by atoms with Crippen molar-refractivity contribution in [2.24, 2.45) is 0 Å². The Labute approximate surface area is 220 Å². The predicted octanol–water partition coefficient (Wildman–Crippen LogP) is 5.68. The van der Waals surface area contributed by atoms with Gasteiger partial charge in [0.05, 0.1) is 5.69 Å². The average molecular weight is 550 g/mol. The Kier molecular flexibility index (Phi) is 8.41. The molecule has 1 N–H and O–H groups in total. The third-order valence-corrected chi connectivity index (χ3v) is 7.15. The quantitative estimate of drug-likeness (QED) is 0.313. The molecule has 6 nitrogen and oxygen atoms in total. The van der Waals surface area contributed by atoms with E-state index in [0.29, 0.717) is 31.6 Å². The third-order valence-electron chi connectivity index (χ3n) is 6.66. The first-order valence-electron chi connectivity index (χ1n) is 12.6. The second-order valence-electron chi connectivity index (χ2n) is 9.21. The number of halogens is 1. The van der Waals surface area contributed by atoms with Crippen molar-refractivity contribution in [2.45, 2.75) is 52.1 Å². The summed E-state index contributed by atoms with van der Waals surface area (Å²) in [5, 5.41) is 4.97. The van der Waals surface area contributed by atoms with Crippen molar-refractivity contribution in [2.75, 3.05) is 18.0 Å². The van der Waals surface area contributed by atoms with E-state index in [4.69, 9.17) is 0 Å². The molecule has 0 aromatic heterocycles. The Bertz CT molecular complexity index is 1270. The zero-order valence-corrected chi connectivity index (χ0v) is 22.4. The van der Waals surface area contributed by atoms with E-state index in [2.05, 4.69) is 28.2 Å². The van der Waals surface area contributed by atoms with Crippen LogP contribution in [0.1, 0.15) is 55.5 Å². The molecule has 0 bridgehead atoms. The molecule has 3 aromatic rings. The Morgan fingerprint density at radius 3 is 2.56 bits per heavy atom. The third kappa shape index (κ3) is 5.62. The van der Waals surface area contributed by atoms with Crippen LogP contribution in [0.3, 0.4) is 0 Å². The van der Waals surface area contributed by atoms with Gasteiger partial charge in [-0.2, -0.15) is 0 Å². The largest absolute Gasteiger partial charge is 0.354 e. The molecular weight excluding hydrogens is 518 g/mol. The molecule has 1 heterocycles. The molecule has 1 aliphatic rings. The van der Waals surface area contributed by atoms with E-state index in [1.807, 2.05) is 60.7 Å². The maximum Gasteiger partial charge on any atom is 0.258 e. The minimum absolute atomic E-state index is 0.0242. The van der Waals surface area contributed by atoms with Crippen LogP contribution in [-0.2, 0) is 16.1 Å². The van der Waals surface area contributed by atoms with Crippen molar-refractivity contribution in [3.05, 3.63) is 76.3 Å². The fraction of sp³-hybridized carbons (Fsp3) is 0.345. The lowest BCUT2D eigenvalue weighted by atomic mass is 10.1. The summed E-state index contributed by atoms with van der Waals surface area (Å²) in [6, 6.07) is 18.9. The molecule has 188 valence electrons. The van der Waals surface area contributed by atoms with Crippen LogP contribution in [0.5, 0.6) is 0 Å². The summed E-state index contributed by atoms with van der Waals surface area (Å²) in [5.74, 6) is -0.275. The number of amides is 3. The number of benzene rings is 3. The van der Waals surface area contributed by atoms with Crippen LogP contribution < -0.4 is 10.2 Å². The Morgan fingerprint density at radius 2 is 1.81 bits per heavy atom. The van der Waals surface area contributed by atoms with Gasteiger partial charge in [0.25, 0.3) is 5.91 Å². The van der Waals surface area contributed by atoms with Crippen LogP contribution in [-0.4, -0.2) is 41.8 Å². The molecule has 36 heavy (non-hydrogen) atoms. The van der Waals surface area contributed by atoms with Gasteiger partial charge in [0.1, 0.15) is 6.04 Å². The number of nitrogens with one attached hydrogen (secondary N) is 1. The van der Waals surface area contributed by atoms with E-state index in [9.17, 15) is 14.4 Å². The van der Waals surface area contributed by atoms with Gasteiger partial charge in [0.15, 0.2) is 0 Å². The van der Waals surface area contributed by atoms with Crippen LogP contribution >= 0.6 is 15.9 Å². The van der Waals surface area contributed by atoms with E-state index in [0.717, 1.165) is 39.3 Å². The summed E-state index contributed by atoms with van der Waals surface area (Å²) in [7, 11) is 0. The Balaban J connectivity index is 1.44. The van der Waals surface area contributed by atoms with Crippen molar-refractivity contribution >= 4 is 50.1 Å². The number of rotatable bonds is 11. The van der Waals surface area contributed by atoms with Crippen LogP contribution in [0.25, 0.3) is 10.8 Å². The van der Waals surface area contributed by atoms with E-state index in [1.54, 1.807) is 16.7 Å². The highest BCUT2D eigenvalue weighted by Gasteiger charge is 2.30. The van der Waals surface area contributed by atoms with Crippen LogP contribution in [0.15, 0.2) is 65.1 Å². The standard InChI is InChI=1S/C29H32BrN3O3/c1-3-4-16-31-28(35)20(2)33(19-21-9-5-12-23(30)18-21)26(34)15-8-17-32-25-14-7-11-22-10-6-13-24(27(22)25)29(32)36/h5-7,9-14,18,20H,3-4,8,15-17,19H2,1-2H3,(H,31,35)/t20-/m0/s1. The molecular formula is C29H32BrN3O3. The lowest BCUT2D eigenvalue weighted by Gasteiger charge is -2.29. The van der Waals surface area contributed by atoms with Crippen molar-refractivity contribution in [3.8, 4) is 0 Å². The minimum atomic E-state index is -0.597. The number of anilines is 1. The smallest absolute Gasteiger partial charge is 0.258 e. The normalized spacial score (nSPS) is 13.2. The zero-order chi connectivity index (χ0) is 25.7. The summed E-state index contributed by atoms with van der Waals surface area (Å²) >= 11 is 3.49. The maximum atomic E-state index is 13.4. The number of hydrogen-bond donors (Lipinski definition) is 1. The van der Waals surface area contributed by atoms with Crippen molar-refractivity contribution in [3.63, 3.8) is 0 Å². The predicted molar refractivity (Wildman–Crippen MR) is 147 cm³/mol. The van der Waals surface area contributed by atoms with E-state index >= 15 is 0 Å². The molecule has 3 aromatic carbocycles. The molecule has 4 rings (SSSR count). The lowest BCUT2D eigenvalue weighted by molar-refractivity contribution is -0.140. The van der Waals surface area contributed by atoms with E-state index in [-0.39, 0.29) is 24.1 Å². The molecule has 0 unspecified atom stereocenters. The summed E-state index contributed by atoms with van der Waals surface area (Å²) < 4.78 is 0.925. The minimum Gasteiger partial charge on any atom is -0.354 e. The van der Waals surface area contributed by atoms with Gasteiger partial charge in [0.2, 0.25) is 11.8 Å². The van der Waals surface area contributed by atoms with Gasteiger partial charge < -0.3 is 15.1 Å². The molecule has 1 atom stereocenters. The molecule has 0 spiro atoms. The molecule has 0 saturated carbocycles. The molecule has 7 heteroatoms. The second kappa shape index (κ2) is 11.7. The van der Waals surface area contributed by atoms with Crippen LogP contribution in [0.4, 0.5) is 5.69 Å². The number of hydrogen-bond acceptors (Lipinski definition) is 3. The van der Waals surface area contributed by atoms with E-state index < -0.39 is 6.04 Å². The topological polar surface area (TPSA) is 69.7 Å².